The van der Waals surface area contributed by atoms with Crippen LogP contribution in [0, 0.1) is 0 Å². The molecule has 0 saturated heterocycles. The normalized spacial score (nSPS) is 12.3. The summed E-state index contributed by atoms with van der Waals surface area (Å²) in [7, 11) is 1.68. The highest BCUT2D eigenvalue weighted by molar-refractivity contribution is 5.79. The van der Waals surface area contributed by atoms with Gasteiger partial charge in [-0.2, -0.15) is 13.2 Å². The van der Waals surface area contributed by atoms with Crippen LogP contribution in [0.4, 0.5) is 13.2 Å². The van der Waals surface area contributed by atoms with E-state index in [1.807, 2.05) is 0 Å². The van der Waals surface area contributed by atoms with Crippen LogP contribution in [-0.4, -0.2) is 26.1 Å². The number of aliphatic imine (C=N–C) groups is 1. The summed E-state index contributed by atoms with van der Waals surface area (Å²) in [6.45, 7) is 3.51. The number of benzene rings is 1. The third-order valence-corrected chi connectivity index (χ3v) is 2.75. The van der Waals surface area contributed by atoms with Gasteiger partial charge in [0.15, 0.2) is 5.96 Å². The molecule has 0 aliphatic rings. The van der Waals surface area contributed by atoms with Crippen LogP contribution >= 0.6 is 0 Å². The zero-order valence-electron chi connectivity index (χ0n) is 11.7. The number of guanidine groups is 1. The molecule has 0 fully saturated rings. The molecule has 0 radical (unpaired) electrons. The van der Waals surface area contributed by atoms with E-state index >= 15 is 0 Å². The first-order chi connectivity index (χ1) is 9.47. The third kappa shape index (κ3) is 5.50. The first-order valence-electron chi connectivity index (χ1n) is 6.58. The summed E-state index contributed by atoms with van der Waals surface area (Å²) < 4.78 is 37.2. The van der Waals surface area contributed by atoms with E-state index in [-0.39, 0.29) is 0 Å². The molecule has 2 N–H and O–H groups in total. The van der Waals surface area contributed by atoms with Gasteiger partial charge in [0.2, 0.25) is 0 Å². The van der Waals surface area contributed by atoms with E-state index in [0.29, 0.717) is 18.9 Å². The molecule has 6 heteroatoms. The molecule has 3 nitrogen and oxygen atoms in total. The van der Waals surface area contributed by atoms with Crippen molar-refractivity contribution in [1.82, 2.24) is 10.6 Å². The predicted molar refractivity (Wildman–Crippen MR) is 74.8 cm³/mol. The Morgan fingerprint density at radius 2 is 1.70 bits per heavy atom. The van der Waals surface area contributed by atoms with Gasteiger partial charge in [-0.05, 0) is 30.5 Å². The van der Waals surface area contributed by atoms with Gasteiger partial charge in [-0.15, -0.1) is 0 Å². The number of rotatable bonds is 5. The number of nitrogens with zero attached hydrogens (tertiary/aromatic N) is 1. The Hall–Kier alpha value is -1.72. The summed E-state index contributed by atoms with van der Waals surface area (Å²) in [4.78, 5) is 4.05. The number of halogens is 3. The number of nitrogens with one attached hydrogen (secondary N) is 2. The average molecular weight is 287 g/mol. The largest absolute Gasteiger partial charge is 0.416 e. The third-order valence-electron chi connectivity index (χ3n) is 2.75. The molecule has 0 aromatic heterocycles. The van der Waals surface area contributed by atoms with Gasteiger partial charge in [-0.1, -0.05) is 19.1 Å². The topological polar surface area (TPSA) is 36.4 Å². The monoisotopic (exact) mass is 287 g/mol. The fourth-order valence-corrected chi connectivity index (χ4v) is 1.65. The lowest BCUT2D eigenvalue weighted by molar-refractivity contribution is -0.137. The second-order valence-electron chi connectivity index (χ2n) is 4.37. The molecular weight excluding hydrogens is 267 g/mol. The zero-order chi connectivity index (χ0) is 15.0. The van der Waals surface area contributed by atoms with Crippen LogP contribution in [0.3, 0.4) is 0 Å². The summed E-state index contributed by atoms with van der Waals surface area (Å²) in [5.41, 5.74) is 0.242. The maximum Gasteiger partial charge on any atom is 0.416 e. The zero-order valence-corrected chi connectivity index (χ0v) is 11.7. The quantitative estimate of drug-likeness (QED) is 0.645. The molecule has 0 amide bonds. The number of alkyl halides is 3. The van der Waals surface area contributed by atoms with E-state index in [1.54, 1.807) is 7.05 Å². The predicted octanol–water partition coefficient (Wildman–Crippen LogP) is 2.82. The minimum atomic E-state index is -4.27. The fraction of sp³-hybridized carbons (Fsp3) is 0.500. The summed E-state index contributed by atoms with van der Waals surface area (Å²) in [5.74, 6) is 0.707. The molecule has 0 aliphatic carbocycles. The summed E-state index contributed by atoms with van der Waals surface area (Å²) in [5, 5.41) is 6.24. The average Bonchev–Trinajstić information content (AvgIpc) is 2.42. The standard InChI is InChI=1S/C14H20F3N3/c1-3-9-19-13(18-2)20-10-8-11-4-6-12(7-5-11)14(15,16)17/h4-7H,3,8-10H2,1-2H3,(H2,18,19,20). The Labute approximate surface area is 117 Å². The second kappa shape index (κ2) is 7.77. The van der Waals surface area contributed by atoms with Crippen molar-refractivity contribution in [3.05, 3.63) is 35.4 Å². The Morgan fingerprint density at radius 1 is 1.10 bits per heavy atom. The summed E-state index contributed by atoms with van der Waals surface area (Å²) in [6, 6.07) is 5.23. The van der Waals surface area contributed by atoms with Crippen LogP contribution in [0.15, 0.2) is 29.3 Å². The fourth-order valence-electron chi connectivity index (χ4n) is 1.65. The lowest BCUT2D eigenvalue weighted by atomic mass is 10.1. The van der Waals surface area contributed by atoms with E-state index in [0.717, 1.165) is 30.7 Å². The Balaban J connectivity index is 2.42. The van der Waals surface area contributed by atoms with Crippen LogP contribution < -0.4 is 10.6 Å². The van der Waals surface area contributed by atoms with Gasteiger partial charge in [-0.25, -0.2) is 0 Å². The van der Waals surface area contributed by atoms with Crippen LogP contribution in [-0.2, 0) is 12.6 Å². The molecule has 0 unspecified atom stereocenters. The maximum absolute atomic E-state index is 12.4. The van der Waals surface area contributed by atoms with Gasteiger partial charge in [0.25, 0.3) is 0 Å². The van der Waals surface area contributed by atoms with Gasteiger partial charge >= 0.3 is 6.18 Å². The van der Waals surface area contributed by atoms with Crippen molar-refractivity contribution in [2.45, 2.75) is 25.9 Å². The molecule has 1 rings (SSSR count). The van der Waals surface area contributed by atoms with E-state index in [4.69, 9.17) is 0 Å². The highest BCUT2D eigenvalue weighted by Gasteiger charge is 2.29. The lowest BCUT2D eigenvalue weighted by Gasteiger charge is -2.11. The Kier molecular flexibility index (Phi) is 6.35. The van der Waals surface area contributed by atoms with Crippen LogP contribution in [0.5, 0.6) is 0 Å². The number of hydrogen-bond acceptors (Lipinski definition) is 1. The van der Waals surface area contributed by atoms with Crippen molar-refractivity contribution in [3.63, 3.8) is 0 Å². The minimum Gasteiger partial charge on any atom is -0.356 e. The van der Waals surface area contributed by atoms with Gasteiger partial charge in [-0.3, -0.25) is 4.99 Å². The molecular formula is C14H20F3N3. The van der Waals surface area contributed by atoms with Gasteiger partial charge in [0.05, 0.1) is 5.56 Å². The van der Waals surface area contributed by atoms with E-state index < -0.39 is 11.7 Å². The molecule has 0 aliphatic heterocycles. The van der Waals surface area contributed by atoms with Crippen LogP contribution in [0.2, 0.25) is 0 Å². The van der Waals surface area contributed by atoms with Crippen molar-refractivity contribution >= 4 is 5.96 Å². The second-order valence-corrected chi connectivity index (χ2v) is 4.37. The Bertz CT molecular complexity index is 424. The van der Waals surface area contributed by atoms with Crippen molar-refractivity contribution in [3.8, 4) is 0 Å². The molecule has 112 valence electrons. The van der Waals surface area contributed by atoms with Crippen molar-refractivity contribution in [1.29, 1.82) is 0 Å². The molecule has 20 heavy (non-hydrogen) atoms. The van der Waals surface area contributed by atoms with Crippen LogP contribution in [0.25, 0.3) is 0 Å². The van der Waals surface area contributed by atoms with Gasteiger partial charge in [0.1, 0.15) is 0 Å². The van der Waals surface area contributed by atoms with Gasteiger partial charge in [0, 0.05) is 20.1 Å². The lowest BCUT2D eigenvalue weighted by Crippen LogP contribution is -2.38. The molecule has 1 aromatic carbocycles. The van der Waals surface area contributed by atoms with E-state index in [1.165, 1.54) is 12.1 Å². The highest BCUT2D eigenvalue weighted by atomic mass is 19.4. The van der Waals surface area contributed by atoms with Crippen molar-refractivity contribution < 1.29 is 13.2 Å². The molecule has 0 spiro atoms. The summed E-state index contributed by atoms with van der Waals surface area (Å²) in [6.07, 6.45) is -2.63. The smallest absolute Gasteiger partial charge is 0.356 e. The number of hydrogen-bond donors (Lipinski definition) is 2. The first kappa shape index (κ1) is 16.3. The SMILES string of the molecule is CCCNC(=NC)NCCc1ccc(C(F)(F)F)cc1. The maximum atomic E-state index is 12.4. The minimum absolute atomic E-state index is 0.616. The van der Waals surface area contributed by atoms with Crippen molar-refractivity contribution in [2.24, 2.45) is 4.99 Å². The highest BCUT2D eigenvalue weighted by Crippen LogP contribution is 2.29. The molecule has 1 aromatic rings. The molecule has 0 bridgehead atoms. The Morgan fingerprint density at radius 3 is 2.20 bits per heavy atom. The van der Waals surface area contributed by atoms with Crippen molar-refractivity contribution in [2.75, 3.05) is 20.1 Å². The van der Waals surface area contributed by atoms with Crippen LogP contribution in [0.1, 0.15) is 24.5 Å². The molecule has 0 atom stereocenters. The molecule has 0 saturated carbocycles. The van der Waals surface area contributed by atoms with E-state index in [9.17, 15) is 13.2 Å². The molecule has 0 heterocycles. The van der Waals surface area contributed by atoms with E-state index in [2.05, 4.69) is 22.5 Å². The van der Waals surface area contributed by atoms with Gasteiger partial charge < -0.3 is 10.6 Å². The summed E-state index contributed by atoms with van der Waals surface area (Å²) >= 11 is 0. The first-order valence-corrected chi connectivity index (χ1v) is 6.58.